The average Bonchev–Trinajstić information content (AvgIpc) is 2.85. The van der Waals surface area contributed by atoms with Gasteiger partial charge in [-0.2, -0.15) is 0 Å². The largest absolute Gasteiger partial charge is 0.392 e. The first-order valence-corrected chi connectivity index (χ1v) is 8.04. The van der Waals surface area contributed by atoms with E-state index in [0.29, 0.717) is 13.1 Å². The van der Waals surface area contributed by atoms with Gasteiger partial charge in [0.15, 0.2) is 0 Å². The molecule has 0 aliphatic rings. The van der Waals surface area contributed by atoms with Gasteiger partial charge in [-0.3, -0.25) is 0 Å². The Morgan fingerprint density at radius 1 is 1.33 bits per heavy atom. The molecule has 2 rings (SSSR count). The molecule has 2 amide bonds. The summed E-state index contributed by atoms with van der Waals surface area (Å²) in [5.41, 5.74) is 1.13. The van der Waals surface area contributed by atoms with Crippen LogP contribution in [0.1, 0.15) is 26.3 Å². The predicted octanol–water partition coefficient (Wildman–Crippen LogP) is 3.20. The third kappa shape index (κ3) is 3.95. The minimum Gasteiger partial charge on any atom is -0.392 e. The number of fused-ring (bicyclic) bond motifs is 1. The Kier molecular flexibility index (Phi) is 5.20. The van der Waals surface area contributed by atoms with Gasteiger partial charge in [0.05, 0.1) is 6.10 Å². The van der Waals surface area contributed by atoms with Crippen LogP contribution in [-0.4, -0.2) is 34.7 Å². The van der Waals surface area contributed by atoms with Crippen molar-refractivity contribution in [1.29, 1.82) is 0 Å². The van der Waals surface area contributed by atoms with E-state index in [4.69, 9.17) is 0 Å². The van der Waals surface area contributed by atoms with Crippen molar-refractivity contribution in [3.63, 3.8) is 0 Å². The van der Waals surface area contributed by atoms with Gasteiger partial charge >= 0.3 is 6.03 Å². The van der Waals surface area contributed by atoms with Crippen LogP contribution in [0.15, 0.2) is 29.6 Å². The molecule has 0 aliphatic carbocycles. The fourth-order valence-electron chi connectivity index (χ4n) is 2.25. The maximum absolute atomic E-state index is 12.3. The maximum atomic E-state index is 12.3. The molecule has 1 aromatic carbocycles. The lowest BCUT2D eigenvalue weighted by atomic mass is 10.2. The Morgan fingerprint density at radius 3 is 2.71 bits per heavy atom. The SMILES string of the molecule is CC(C)N(C[C@@H](C)O)C(=O)NCc1csc2ccccc12. The molecule has 0 saturated carbocycles. The number of nitrogens with one attached hydrogen (secondary N) is 1. The van der Waals surface area contributed by atoms with E-state index in [1.165, 1.54) is 10.1 Å². The highest BCUT2D eigenvalue weighted by Crippen LogP contribution is 2.25. The van der Waals surface area contributed by atoms with Gasteiger partial charge in [0.2, 0.25) is 0 Å². The quantitative estimate of drug-likeness (QED) is 0.891. The molecule has 0 bridgehead atoms. The predicted molar refractivity (Wildman–Crippen MR) is 87.6 cm³/mol. The number of carbonyl (C=O) groups excluding carboxylic acids is 1. The molecule has 21 heavy (non-hydrogen) atoms. The summed E-state index contributed by atoms with van der Waals surface area (Å²) in [5, 5.41) is 15.7. The van der Waals surface area contributed by atoms with Gasteiger partial charge in [-0.15, -0.1) is 11.3 Å². The number of urea groups is 1. The highest BCUT2D eigenvalue weighted by atomic mass is 32.1. The van der Waals surface area contributed by atoms with E-state index in [-0.39, 0.29) is 12.1 Å². The zero-order valence-corrected chi connectivity index (χ0v) is 13.5. The van der Waals surface area contributed by atoms with Gasteiger partial charge in [-0.1, -0.05) is 18.2 Å². The van der Waals surface area contributed by atoms with E-state index in [2.05, 4.69) is 22.8 Å². The van der Waals surface area contributed by atoms with Gasteiger partial charge in [-0.25, -0.2) is 4.79 Å². The van der Waals surface area contributed by atoms with Crippen molar-refractivity contribution in [2.45, 2.75) is 39.5 Å². The molecule has 5 heteroatoms. The number of nitrogens with zero attached hydrogens (tertiary/aromatic N) is 1. The molecule has 2 aromatic rings. The Labute approximate surface area is 129 Å². The van der Waals surface area contributed by atoms with E-state index >= 15 is 0 Å². The van der Waals surface area contributed by atoms with E-state index in [1.807, 2.05) is 26.0 Å². The third-order valence-electron chi connectivity index (χ3n) is 3.34. The maximum Gasteiger partial charge on any atom is 0.317 e. The smallest absolute Gasteiger partial charge is 0.317 e. The highest BCUT2D eigenvalue weighted by molar-refractivity contribution is 7.17. The van der Waals surface area contributed by atoms with Crippen LogP contribution in [0.2, 0.25) is 0 Å². The molecule has 2 N–H and O–H groups in total. The Balaban J connectivity index is 2.02. The fraction of sp³-hybridized carbons (Fsp3) is 0.438. The molecule has 0 saturated heterocycles. The van der Waals surface area contributed by atoms with Crippen LogP contribution in [0.5, 0.6) is 0 Å². The van der Waals surface area contributed by atoms with Crippen LogP contribution < -0.4 is 5.32 Å². The highest BCUT2D eigenvalue weighted by Gasteiger charge is 2.18. The van der Waals surface area contributed by atoms with Crippen LogP contribution in [0, 0.1) is 0 Å². The third-order valence-corrected chi connectivity index (χ3v) is 4.35. The number of aliphatic hydroxyl groups excluding tert-OH is 1. The van der Waals surface area contributed by atoms with Crippen LogP contribution in [0.25, 0.3) is 10.1 Å². The molecule has 114 valence electrons. The van der Waals surface area contributed by atoms with E-state index in [9.17, 15) is 9.90 Å². The van der Waals surface area contributed by atoms with Gasteiger partial charge in [-0.05, 0) is 43.2 Å². The summed E-state index contributed by atoms with van der Waals surface area (Å²) in [5.74, 6) is 0. The molecule has 0 radical (unpaired) electrons. The summed E-state index contributed by atoms with van der Waals surface area (Å²) < 4.78 is 1.23. The van der Waals surface area contributed by atoms with Crippen molar-refractivity contribution < 1.29 is 9.90 Å². The van der Waals surface area contributed by atoms with Crippen molar-refractivity contribution >= 4 is 27.5 Å². The number of hydrogen-bond acceptors (Lipinski definition) is 3. The van der Waals surface area contributed by atoms with Crippen LogP contribution >= 0.6 is 11.3 Å². The monoisotopic (exact) mass is 306 g/mol. The molecule has 1 atom stereocenters. The molecule has 1 heterocycles. The second kappa shape index (κ2) is 6.91. The van der Waals surface area contributed by atoms with Gasteiger partial charge in [0, 0.05) is 23.8 Å². The fourth-order valence-corrected chi connectivity index (χ4v) is 3.22. The summed E-state index contributed by atoms with van der Waals surface area (Å²) in [6.07, 6.45) is -0.528. The van der Waals surface area contributed by atoms with Crippen LogP contribution in [-0.2, 0) is 6.54 Å². The number of rotatable bonds is 5. The van der Waals surface area contributed by atoms with E-state index < -0.39 is 6.10 Å². The Morgan fingerprint density at radius 2 is 2.05 bits per heavy atom. The molecule has 0 unspecified atom stereocenters. The number of amides is 2. The van der Waals surface area contributed by atoms with Crippen molar-refractivity contribution in [3.05, 3.63) is 35.2 Å². The van der Waals surface area contributed by atoms with Gasteiger partial charge < -0.3 is 15.3 Å². The van der Waals surface area contributed by atoms with Gasteiger partial charge in [0.25, 0.3) is 0 Å². The Bertz CT molecular complexity index is 607. The molecule has 4 nitrogen and oxygen atoms in total. The minimum atomic E-state index is -0.528. The van der Waals surface area contributed by atoms with Crippen molar-refractivity contribution in [2.24, 2.45) is 0 Å². The normalized spacial score (nSPS) is 12.6. The van der Waals surface area contributed by atoms with Gasteiger partial charge in [0.1, 0.15) is 0 Å². The second-order valence-electron chi connectivity index (χ2n) is 5.51. The van der Waals surface area contributed by atoms with Crippen LogP contribution in [0.4, 0.5) is 4.79 Å². The van der Waals surface area contributed by atoms with Crippen molar-refractivity contribution in [2.75, 3.05) is 6.54 Å². The number of hydrogen-bond donors (Lipinski definition) is 2. The first kappa shape index (κ1) is 15.8. The zero-order chi connectivity index (χ0) is 15.4. The topological polar surface area (TPSA) is 52.6 Å². The van der Waals surface area contributed by atoms with Crippen molar-refractivity contribution in [3.8, 4) is 0 Å². The van der Waals surface area contributed by atoms with Crippen molar-refractivity contribution in [1.82, 2.24) is 10.2 Å². The first-order valence-electron chi connectivity index (χ1n) is 7.16. The average molecular weight is 306 g/mol. The standard InChI is InChI=1S/C16H22N2O2S/c1-11(2)18(9-12(3)19)16(20)17-8-13-10-21-15-7-5-4-6-14(13)15/h4-7,10-12,19H,8-9H2,1-3H3,(H,17,20)/t12-/m1/s1. The molecule has 0 aliphatic heterocycles. The number of benzene rings is 1. The summed E-state index contributed by atoms with van der Waals surface area (Å²) in [7, 11) is 0. The summed E-state index contributed by atoms with van der Waals surface area (Å²) in [4.78, 5) is 13.9. The summed E-state index contributed by atoms with van der Waals surface area (Å²) in [6, 6.07) is 8.10. The number of carbonyl (C=O) groups is 1. The first-order chi connectivity index (χ1) is 9.99. The summed E-state index contributed by atoms with van der Waals surface area (Å²) >= 11 is 1.69. The zero-order valence-electron chi connectivity index (χ0n) is 12.7. The number of aliphatic hydroxyl groups is 1. The number of thiophene rings is 1. The van der Waals surface area contributed by atoms with E-state index in [1.54, 1.807) is 23.2 Å². The summed E-state index contributed by atoms with van der Waals surface area (Å²) in [6.45, 7) is 6.43. The molecular formula is C16H22N2O2S. The molecule has 0 spiro atoms. The molecule has 0 fully saturated rings. The Hall–Kier alpha value is -1.59. The molecule has 1 aromatic heterocycles. The lowest BCUT2D eigenvalue weighted by Gasteiger charge is -2.28. The second-order valence-corrected chi connectivity index (χ2v) is 6.42. The molecular weight excluding hydrogens is 284 g/mol. The van der Waals surface area contributed by atoms with Crippen LogP contribution in [0.3, 0.4) is 0 Å². The van der Waals surface area contributed by atoms with E-state index in [0.717, 1.165) is 5.56 Å². The lowest BCUT2D eigenvalue weighted by Crippen LogP contribution is -2.46. The minimum absolute atomic E-state index is 0.0545. The lowest BCUT2D eigenvalue weighted by molar-refractivity contribution is 0.119.